The van der Waals surface area contributed by atoms with Crippen LogP contribution in [0.25, 0.3) is 0 Å². The molecule has 46 heavy (non-hydrogen) atoms. The number of piperidine rings is 1. The second-order valence-corrected chi connectivity index (χ2v) is 13.7. The molecule has 2 atom stereocenters. The van der Waals surface area contributed by atoms with Gasteiger partial charge in [0.1, 0.15) is 5.75 Å². The number of nitrogens with zero attached hydrogens (tertiary/aromatic N) is 6. The Kier molecular flexibility index (Phi) is 9.22. The molecule has 1 aromatic heterocycles. The molecule has 0 bridgehead atoms. The number of benzene rings is 3. The van der Waals surface area contributed by atoms with Gasteiger partial charge in [-0.2, -0.15) is 15.0 Å². The molecule has 2 saturated heterocycles. The highest BCUT2D eigenvalue weighted by Crippen LogP contribution is 2.36. The van der Waals surface area contributed by atoms with Crippen LogP contribution in [-0.2, 0) is 16.6 Å². The van der Waals surface area contributed by atoms with Gasteiger partial charge in [-0.05, 0) is 43.2 Å². The Hall–Kier alpha value is -4.50. The van der Waals surface area contributed by atoms with Gasteiger partial charge < -0.3 is 37.0 Å². The molecule has 0 radical (unpaired) electrons. The van der Waals surface area contributed by atoms with Crippen molar-refractivity contribution in [3.63, 3.8) is 0 Å². The van der Waals surface area contributed by atoms with Crippen LogP contribution in [0.4, 0.5) is 29.2 Å². The number of piperazine rings is 1. The fourth-order valence-electron chi connectivity index (χ4n) is 5.73. The normalized spacial score (nSPS) is 18.8. The molecule has 0 spiro atoms. The van der Waals surface area contributed by atoms with E-state index in [1.807, 2.05) is 42.2 Å². The molecular weight excluding hydrogens is 604 g/mol. The zero-order valence-electron chi connectivity index (χ0n) is 25.7. The molecule has 242 valence electrons. The number of hydrogen-bond donors (Lipinski definition) is 5. The highest BCUT2D eigenvalue weighted by molar-refractivity contribution is 7.92. The third-order valence-corrected chi connectivity index (χ3v) is 9.86. The predicted molar refractivity (Wildman–Crippen MR) is 180 cm³/mol. The number of phenolic OH excluding ortho intramolecular Hbond substituents is 1. The maximum Gasteiger partial charge on any atom is 0.264 e. The third kappa shape index (κ3) is 7.15. The van der Waals surface area contributed by atoms with Crippen molar-refractivity contribution in [2.24, 2.45) is 11.5 Å². The monoisotopic (exact) mass is 644 g/mol. The van der Waals surface area contributed by atoms with Gasteiger partial charge in [0, 0.05) is 63.1 Å². The second-order valence-electron chi connectivity index (χ2n) is 11.8. The number of aromatic nitrogens is 3. The van der Waals surface area contributed by atoms with Crippen LogP contribution < -0.4 is 36.2 Å². The van der Waals surface area contributed by atoms with Crippen LogP contribution in [0.1, 0.15) is 17.5 Å². The van der Waals surface area contributed by atoms with Crippen molar-refractivity contribution < 1.29 is 13.5 Å². The topological polar surface area (TPSA) is 179 Å². The second kappa shape index (κ2) is 13.5. The number of rotatable bonds is 9. The van der Waals surface area contributed by atoms with E-state index in [1.54, 1.807) is 36.4 Å². The number of anilines is 5. The van der Waals surface area contributed by atoms with E-state index in [-0.39, 0.29) is 40.9 Å². The van der Waals surface area contributed by atoms with Gasteiger partial charge in [0.05, 0.1) is 17.1 Å². The van der Waals surface area contributed by atoms with Crippen molar-refractivity contribution in [2.75, 3.05) is 58.7 Å². The van der Waals surface area contributed by atoms with Crippen molar-refractivity contribution in [3.8, 4) is 5.75 Å². The minimum atomic E-state index is -4.03. The SMILES string of the molecule is Cc1ccc(S(=O)(=O)N(Cc2ccccc2)c2ccc(Nc3nc(N4CCNCC4)nc(N4C[C@H](N)C[C@H](N)C4)n3)cc2O)cc1. The zero-order valence-corrected chi connectivity index (χ0v) is 26.6. The minimum Gasteiger partial charge on any atom is -0.506 e. The van der Waals surface area contributed by atoms with Gasteiger partial charge in [-0.1, -0.05) is 48.0 Å². The first-order chi connectivity index (χ1) is 22.2. The number of aromatic hydroxyl groups is 1. The van der Waals surface area contributed by atoms with Gasteiger partial charge in [-0.15, -0.1) is 0 Å². The number of nitrogens with two attached hydrogens (primary N) is 2. The lowest BCUT2D eigenvalue weighted by atomic mass is 10.0. The maximum absolute atomic E-state index is 13.9. The Bertz CT molecular complexity index is 1740. The molecule has 6 rings (SSSR count). The number of hydrogen-bond acceptors (Lipinski definition) is 12. The third-order valence-electron chi connectivity index (χ3n) is 8.09. The summed E-state index contributed by atoms with van der Waals surface area (Å²) in [5.41, 5.74) is 14.9. The fourth-order valence-corrected chi connectivity index (χ4v) is 7.19. The molecule has 14 heteroatoms. The summed E-state index contributed by atoms with van der Waals surface area (Å²) in [6, 6.07) is 20.5. The van der Waals surface area contributed by atoms with E-state index in [0.717, 1.165) is 43.7 Å². The molecule has 4 aromatic rings. The van der Waals surface area contributed by atoms with Gasteiger partial charge in [-0.25, -0.2) is 8.42 Å². The molecular formula is C32H40N10O3S. The highest BCUT2D eigenvalue weighted by Gasteiger charge is 2.29. The van der Waals surface area contributed by atoms with E-state index in [9.17, 15) is 13.5 Å². The number of nitrogens with one attached hydrogen (secondary N) is 2. The van der Waals surface area contributed by atoms with Crippen molar-refractivity contribution in [2.45, 2.75) is 36.9 Å². The summed E-state index contributed by atoms with van der Waals surface area (Å²) < 4.78 is 29.1. The van der Waals surface area contributed by atoms with E-state index in [2.05, 4.69) is 15.5 Å². The smallest absolute Gasteiger partial charge is 0.264 e. The van der Waals surface area contributed by atoms with E-state index in [0.29, 0.717) is 30.7 Å². The quantitative estimate of drug-likeness (QED) is 0.180. The minimum absolute atomic E-state index is 0.0301. The summed E-state index contributed by atoms with van der Waals surface area (Å²) in [7, 11) is -4.03. The molecule has 0 amide bonds. The van der Waals surface area contributed by atoms with Gasteiger partial charge in [-0.3, -0.25) is 4.31 Å². The van der Waals surface area contributed by atoms with Gasteiger partial charge in [0.25, 0.3) is 10.0 Å². The number of sulfonamides is 1. The molecule has 2 fully saturated rings. The van der Waals surface area contributed by atoms with Crippen LogP contribution >= 0.6 is 0 Å². The predicted octanol–water partition coefficient (Wildman–Crippen LogP) is 2.30. The summed E-state index contributed by atoms with van der Waals surface area (Å²) in [5, 5.41) is 17.8. The van der Waals surface area contributed by atoms with E-state index < -0.39 is 10.0 Å². The fraction of sp³-hybridized carbons (Fsp3) is 0.344. The molecule has 13 nitrogen and oxygen atoms in total. The van der Waals surface area contributed by atoms with Crippen LogP contribution in [0, 0.1) is 6.92 Å². The van der Waals surface area contributed by atoms with Crippen molar-refractivity contribution in [1.82, 2.24) is 20.3 Å². The average Bonchev–Trinajstić information content (AvgIpc) is 3.04. The molecule has 0 saturated carbocycles. The lowest BCUT2D eigenvalue weighted by molar-refractivity contribution is 0.446. The molecule has 3 aromatic carbocycles. The maximum atomic E-state index is 13.9. The summed E-state index contributed by atoms with van der Waals surface area (Å²) >= 11 is 0. The summed E-state index contributed by atoms with van der Waals surface area (Å²) in [6.45, 7) is 6.17. The molecule has 3 heterocycles. The molecule has 2 aliphatic rings. The van der Waals surface area contributed by atoms with Gasteiger partial charge in [0.2, 0.25) is 17.8 Å². The first kappa shape index (κ1) is 31.5. The first-order valence-electron chi connectivity index (χ1n) is 15.4. The molecule has 0 unspecified atom stereocenters. The Balaban J connectivity index is 1.33. The highest BCUT2D eigenvalue weighted by atomic mass is 32.2. The Morgan fingerprint density at radius 1 is 0.913 bits per heavy atom. The Morgan fingerprint density at radius 3 is 2.22 bits per heavy atom. The summed E-state index contributed by atoms with van der Waals surface area (Å²) in [4.78, 5) is 18.4. The van der Waals surface area contributed by atoms with Crippen LogP contribution in [0.5, 0.6) is 5.75 Å². The lowest BCUT2D eigenvalue weighted by Crippen LogP contribution is -2.53. The van der Waals surface area contributed by atoms with E-state index in [1.165, 1.54) is 10.4 Å². The average molecular weight is 645 g/mol. The van der Waals surface area contributed by atoms with Crippen LogP contribution in [-0.4, -0.2) is 79.8 Å². The zero-order chi connectivity index (χ0) is 32.3. The van der Waals surface area contributed by atoms with Gasteiger partial charge >= 0.3 is 0 Å². The van der Waals surface area contributed by atoms with Crippen molar-refractivity contribution in [3.05, 3.63) is 83.9 Å². The van der Waals surface area contributed by atoms with Crippen LogP contribution in [0.2, 0.25) is 0 Å². The van der Waals surface area contributed by atoms with Crippen LogP contribution in [0.15, 0.2) is 77.7 Å². The first-order valence-corrected chi connectivity index (χ1v) is 16.8. The Labute approximate surface area is 269 Å². The molecule has 0 aliphatic carbocycles. The molecule has 2 aliphatic heterocycles. The lowest BCUT2D eigenvalue weighted by Gasteiger charge is -2.35. The van der Waals surface area contributed by atoms with Crippen LogP contribution in [0.3, 0.4) is 0 Å². The largest absolute Gasteiger partial charge is 0.506 e. The standard InChI is InChI=1S/C32H40N10O3S/c1-22-7-10-27(11-8-22)46(44,45)42(19-23-5-3-2-4-6-23)28-12-9-26(18-29(28)43)36-30-37-31(40-15-13-35-14-16-40)39-32(38-30)41-20-24(33)17-25(34)21-41/h2-12,18,24-25,35,43H,13-17,19-21,33-34H2,1H3,(H,36,37,38,39)/t24-,25+. The van der Waals surface area contributed by atoms with E-state index >= 15 is 0 Å². The summed E-state index contributed by atoms with van der Waals surface area (Å²) in [5.74, 6) is 1.06. The number of phenols is 1. The number of aryl methyl sites for hydroxylation is 1. The van der Waals surface area contributed by atoms with Gasteiger partial charge in [0.15, 0.2) is 0 Å². The Morgan fingerprint density at radius 2 is 1.57 bits per heavy atom. The molecule has 7 N–H and O–H groups in total. The van der Waals surface area contributed by atoms with Crippen molar-refractivity contribution in [1.29, 1.82) is 0 Å². The van der Waals surface area contributed by atoms with Crippen molar-refractivity contribution >= 4 is 39.2 Å². The van der Waals surface area contributed by atoms with E-state index in [4.69, 9.17) is 26.4 Å². The summed E-state index contributed by atoms with van der Waals surface area (Å²) in [6.07, 6.45) is 0.726.